The van der Waals surface area contributed by atoms with Crippen LogP contribution >= 0.6 is 11.3 Å². The molecule has 86 valence electrons. The predicted octanol–water partition coefficient (Wildman–Crippen LogP) is 1.00. The maximum Gasteiger partial charge on any atom is 0.261 e. The third-order valence-electron chi connectivity index (χ3n) is 2.44. The lowest BCUT2D eigenvalue weighted by atomic mass is 10.4. The molecule has 0 saturated heterocycles. The van der Waals surface area contributed by atoms with Crippen molar-refractivity contribution in [2.75, 3.05) is 13.1 Å². The van der Waals surface area contributed by atoms with Crippen LogP contribution in [0.3, 0.4) is 0 Å². The summed E-state index contributed by atoms with van der Waals surface area (Å²) >= 11 is 1.37. The zero-order valence-corrected chi connectivity index (χ0v) is 9.68. The lowest BCUT2D eigenvalue weighted by molar-refractivity contribution is -0.120. The molecule has 1 heterocycles. The van der Waals surface area contributed by atoms with Gasteiger partial charge in [0.1, 0.15) is 0 Å². The number of hydrogen-bond acceptors (Lipinski definition) is 3. The first-order chi connectivity index (χ1) is 7.75. The van der Waals surface area contributed by atoms with Crippen molar-refractivity contribution in [2.24, 2.45) is 5.92 Å². The molecule has 1 aliphatic carbocycles. The average Bonchev–Trinajstić information content (AvgIpc) is 2.95. The fraction of sp³-hybridized carbons (Fsp3) is 0.455. The smallest absolute Gasteiger partial charge is 0.261 e. The molecule has 2 rings (SSSR count). The van der Waals surface area contributed by atoms with Gasteiger partial charge in [0.2, 0.25) is 5.91 Å². The Balaban J connectivity index is 1.66. The molecule has 1 aromatic rings. The van der Waals surface area contributed by atoms with E-state index in [1.807, 2.05) is 11.4 Å². The van der Waals surface area contributed by atoms with Crippen molar-refractivity contribution in [1.29, 1.82) is 0 Å². The fourth-order valence-corrected chi connectivity index (χ4v) is 1.94. The normalized spacial score (nSPS) is 14.5. The van der Waals surface area contributed by atoms with Crippen molar-refractivity contribution < 1.29 is 9.59 Å². The molecule has 0 atom stereocenters. The number of amides is 2. The minimum atomic E-state index is -0.184. The summed E-state index contributed by atoms with van der Waals surface area (Å²) in [4.78, 5) is 23.4. The van der Waals surface area contributed by atoms with Gasteiger partial charge in [-0.2, -0.15) is 0 Å². The molecule has 0 aliphatic heterocycles. The minimum absolute atomic E-state index is 0.0590. The Labute approximate surface area is 98.0 Å². The summed E-state index contributed by atoms with van der Waals surface area (Å²) in [6.45, 7) is 0.803. The van der Waals surface area contributed by atoms with Crippen LogP contribution in [-0.2, 0) is 4.79 Å². The Hall–Kier alpha value is -1.36. The number of carbonyl (C=O) groups excluding carboxylic acids is 2. The standard InChI is InChI=1S/C11H14N2O2S/c14-10(12-6-8-3-4-8)7-13-11(15)9-2-1-5-16-9/h1-2,5,8H,3-4,6-7H2,(H,12,14)(H,13,15). The van der Waals surface area contributed by atoms with Gasteiger partial charge in [0, 0.05) is 6.54 Å². The molecule has 5 heteroatoms. The van der Waals surface area contributed by atoms with Crippen LogP contribution in [-0.4, -0.2) is 24.9 Å². The number of carbonyl (C=O) groups is 2. The molecule has 4 nitrogen and oxygen atoms in total. The van der Waals surface area contributed by atoms with Gasteiger partial charge in [0.05, 0.1) is 11.4 Å². The van der Waals surface area contributed by atoms with Crippen LogP contribution in [0.2, 0.25) is 0 Å². The molecule has 2 amide bonds. The molecule has 0 spiro atoms. The van der Waals surface area contributed by atoms with Crippen molar-refractivity contribution in [3.8, 4) is 0 Å². The first kappa shape index (κ1) is 11.1. The zero-order chi connectivity index (χ0) is 11.4. The largest absolute Gasteiger partial charge is 0.354 e. The van der Waals surface area contributed by atoms with E-state index in [1.54, 1.807) is 6.07 Å². The Bertz CT molecular complexity index is 371. The molecule has 1 fully saturated rings. The number of thiophene rings is 1. The van der Waals surface area contributed by atoms with Gasteiger partial charge in [-0.05, 0) is 30.2 Å². The predicted molar refractivity (Wildman–Crippen MR) is 62.4 cm³/mol. The topological polar surface area (TPSA) is 58.2 Å². The first-order valence-electron chi connectivity index (χ1n) is 5.34. The van der Waals surface area contributed by atoms with Crippen LogP contribution < -0.4 is 10.6 Å². The maximum atomic E-state index is 11.5. The molecule has 0 aromatic carbocycles. The average molecular weight is 238 g/mol. The van der Waals surface area contributed by atoms with Gasteiger partial charge < -0.3 is 10.6 Å². The number of rotatable bonds is 5. The first-order valence-corrected chi connectivity index (χ1v) is 6.22. The van der Waals surface area contributed by atoms with E-state index < -0.39 is 0 Å². The summed E-state index contributed by atoms with van der Waals surface area (Å²) < 4.78 is 0. The van der Waals surface area contributed by atoms with Crippen LogP contribution in [0, 0.1) is 5.92 Å². The van der Waals surface area contributed by atoms with E-state index in [2.05, 4.69) is 10.6 Å². The third-order valence-corrected chi connectivity index (χ3v) is 3.31. The van der Waals surface area contributed by atoms with E-state index in [0.717, 1.165) is 6.54 Å². The van der Waals surface area contributed by atoms with Crippen molar-refractivity contribution >= 4 is 23.2 Å². The Morgan fingerprint density at radius 3 is 2.81 bits per heavy atom. The van der Waals surface area contributed by atoms with Gasteiger partial charge in [-0.25, -0.2) is 0 Å². The van der Waals surface area contributed by atoms with Crippen molar-refractivity contribution in [2.45, 2.75) is 12.8 Å². The highest BCUT2D eigenvalue weighted by atomic mass is 32.1. The van der Waals surface area contributed by atoms with Gasteiger partial charge in [-0.1, -0.05) is 6.07 Å². The second-order valence-electron chi connectivity index (χ2n) is 3.91. The van der Waals surface area contributed by atoms with Gasteiger partial charge in [0.25, 0.3) is 5.91 Å². The molecule has 1 saturated carbocycles. The Morgan fingerprint density at radius 1 is 1.38 bits per heavy atom. The van der Waals surface area contributed by atoms with E-state index in [0.29, 0.717) is 10.8 Å². The monoisotopic (exact) mass is 238 g/mol. The van der Waals surface area contributed by atoms with E-state index in [9.17, 15) is 9.59 Å². The van der Waals surface area contributed by atoms with Crippen LogP contribution in [0.1, 0.15) is 22.5 Å². The van der Waals surface area contributed by atoms with E-state index in [1.165, 1.54) is 24.2 Å². The van der Waals surface area contributed by atoms with Crippen LogP contribution in [0.15, 0.2) is 17.5 Å². The highest BCUT2D eigenvalue weighted by molar-refractivity contribution is 7.12. The third kappa shape index (κ3) is 3.34. The lowest BCUT2D eigenvalue weighted by Gasteiger charge is -2.04. The van der Waals surface area contributed by atoms with Gasteiger partial charge in [0.15, 0.2) is 0 Å². The van der Waals surface area contributed by atoms with Gasteiger partial charge >= 0.3 is 0 Å². The van der Waals surface area contributed by atoms with Crippen LogP contribution in [0.4, 0.5) is 0 Å². The Kier molecular flexibility index (Phi) is 3.56. The van der Waals surface area contributed by atoms with Gasteiger partial charge in [-0.3, -0.25) is 9.59 Å². The summed E-state index contributed by atoms with van der Waals surface area (Å²) in [5, 5.41) is 7.22. The Morgan fingerprint density at radius 2 is 2.19 bits per heavy atom. The van der Waals surface area contributed by atoms with E-state index in [-0.39, 0.29) is 18.4 Å². The summed E-state index contributed by atoms with van der Waals surface area (Å²) in [7, 11) is 0. The number of nitrogens with one attached hydrogen (secondary N) is 2. The SMILES string of the molecule is O=C(CNC(=O)c1cccs1)NCC1CC1. The minimum Gasteiger partial charge on any atom is -0.354 e. The zero-order valence-electron chi connectivity index (χ0n) is 8.86. The summed E-state index contributed by atoms with van der Waals surface area (Å²) in [5.41, 5.74) is 0. The molecule has 1 aromatic heterocycles. The second-order valence-corrected chi connectivity index (χ2v) is 4.86. The molecule has 0 bridgehead atoms. The molecule has 16 heavy (non-hydrogen) atoms. The molecule has 0 unspecified atom stereocenters. The lowest BCUT2D eigenvalue weighted by Crippen LogP contribution is -2.37. The van der Waals surface area contributed by atoms with Crippen molar-refractivity contribution in [1.82, 2.24) is 10.6 Å². The van der Waals surface area contributed by atoms with Crippen LogP contribution in [0.5, 0.6) is 0 Å². The molecule has 2 N–H and O–H groups in total. The molecule has 1 aliphatic rings. The van der Waals surface area contributed by atoms with Crippen LogP contribution in [0.25, 0.3) is 0 Å². The fourth-order valence-electron chi connectivity index (χ4n) is 1.30. The molecule has 0 radical (unpaired) electrons. The summed E-state index contributed by atoms with van der Waals surface area (Å²) in [6.07, 6.45) is 2.42. The van der Waals surface area contributed by atoms with Gasteiger partial charge in [-0.15, -0.1) is 11.3 Å². The summed E-state index contributed by atoms with van der Waals surface area (Å²) in [6, 6.07) is 3.55. The maximum absolute atomic E-state index is 11.5. The second kappa shape index (κ2) is 5.12. The quantitative estimate of drug-likeness (QED) is 0.804. The highest BCUT2D eigenvalue weighted by Gasteiger charge is 2.21. The highest BCUT2D eigenvalue weighted by Crippen LogP contribution is 2.27. The van der Waals surface area contributed by atoms with E-state index in [4.69, 9.17) is 0 Å². The van der Waals surface area contributed by atoms with E-state index >= 15 is 0 Å². The molecular formula is C11H14N2O2S. The molecular weight excluding hydrogens is 224 g/mol. The number of hydrogen-bond donors (Lipinski definition) is 2. The van der Waals surface area contributed by atoms with Crippen molar-refractivity contribution in [3.63, 3.8) is 0 Å². The van der Waals surface area contributed by atoms with Crippen molar-refractivity contribution in [3.05, 3.63) is 22.4 Å². The summed E-state index contributed by atoms with van der Waals surface area (Å²) in [5.74, 6) is 0.366.